The molecule has 28 heavy (non-hydrogen) atoms. The first-order valence-electron chi connectivity index (χ1n) is 8.75. The van der Waals surface area contributed by atoms with E-state index in [2.05, 4.69) is 0 Å². The van der Waals surface area contributed by atoms with Gasteiger partial charge in [0, 0.05) is 19.7 Å². The number of benzene rings is 2. The highest BCUT2D eigenvalue weighted by Crippen LogP contribution is 2.40. The predicted molar refractivity (Wildman–Crippen MR) is 107 cm³/mol. The third-order valence-electron chi connectivity index (χ3n) is 4.43. The smallest absolute Gasteiger partial charge is 0.246 e. The number of ether oxygens (including phenoxy) is 4. The number of hydrogen-bond donors (Lipinski definition) is 0. The first kappa shape index (κ1) is 19.9. The zero-order valence-corrected chi connectivity index (χ0v) is 16.8. The van der Waals surface area contributed by atoms with Gasteiger partial charge in [-0.2, -0.15) is 0 Å². The van der Waals surface area contributed by atoms with Crippen LogP contribution in [0.1, 0.15) is 11.1 Å². The van der Waals surface area contributed by atoms with Gasteiger partial charge in [-0.3, -0.25) is 4.79 Å². The summed E-state index contributed by atoms with van der Waals surface area (Å²) in [7, 11) is 4.97. The predicted octanol–water partition coefficient (Wildman–Crippen LogP) is 3.80. The Morgan fingerprint density at radius 2 is 1.96 bits per heavy atom. The molecule has 1 aliphatic heterocycles. The van der Waals surface area contributed by atoms with Gasteiger partial charge in [0.1, 0.15) is 0 Å². The lowest BCUT2D eigenvalue weighted by molar-refractivity contribution is -0.124. The van der Waals surface area contributed by atoms with Crippen LogP contribution in [0.3, 0.4) is 0 Å². The van der Waals surface area contributed by atoms with Crippen LogP contribution in [-0.2, 0) is 11.2 Å². The van der Waals surface area contributed by atoms with Gasteiger partial charge in [0.15, 0.2) is 23.0 Å². The SMILES string of the molecule is COc1ccc(CCN(C)C(=O)/C=C/c2cc(Cl)c3c(c2)OCO3)cc1OC. The van der Waals surface area contributed by atoms with Crippen molar-refractivity contribution in [3.8, 4) is 23.0 Å². The van der Waals surface area contributed by atoms with E-state index < -0.39 is 0 Å². The molecule has 0 aromatic heterocycles. The minimum Gasteiger partial charge on any atom is -0.493 e. The summed E-state index contributed by atoms with van der Waals surface area (Å²) in [4.78, 5) is 14.0. The number of rotatable bonds is 7. The number of hydrogen-bond acceptors (Lipinski definition) is 5. The number of carbonyl (C=O) groups is 1. The summed E-state index contributed by atoms with van der Waals surface area (Å²) in [5, 5.41) is 0.462. The molecule has 0 bridgehead atoms. The number of halogens is 1. The molecule has 2 aromatic carbocycles. The van der Waals surface area contributed by atoms with E-state index in [1.165, 1.54) is 6.08 Å². The average molecular weight is 404 g/mol. The lowest BCUT2D eigenvalue weighted by Crippen LogP contribution is -2.27. The summed E-state index contributed by atoms with van der Waals surface area (Å²) in [6.45, 7) is 0.723. The fourth-order valence-corrected chi connectivity index (χ4v) is 3.10. The molecule has 7 heteroatoms. The van der Waals surface area contributed by atoms with Crippen molar-refractivity contribution >= 4 is 23.6 Å². The lowest BCUT2D eigenvalue weighted by Gasteiger charge is -2.16. The summed E-state index contributed by atoms with van der Waals surface area (Å²) in [6.07, 6.45) is 3.93. The molecule has 1 aliphatic rings. The highest BCUT2D eigenvalue weighted by molar-refractivity contribution is 6.32. The van der Waals surface area contributed by atoms with Gasteiger partial charge in [-0.1, -0.05) is 17.7 Å². The van der Waals surface area contributed by atoms with Crippen LogP contribution in [0.25, 0.3) is 6.08 Å². The minimum atomic E-state index is -0.103. The van der Waals surface area contributed by atoms with Crippen molar-refractivity contribution in [1.82, 2.24) is 4.90 Å². The van der Waals surface area contributed by atoms with Crippen molar-refractivity contribution < 1.29 is 23.7 Å². The van der Waals surface area contributed by atoms with Crippen LogP contribution in [-0.4, -0.2) is 45.4 Å². The van der Waals surface area contributed by atoms with Gasteiger partial charge in [-0.15, -0.1) is 0 Å². The third-order valence-corrected chi connectivity index (χ3v) is 4.71. The van der Waals surface area contributed by atoms with Gasteiger partial charge in [0.2, 0.25) is 12.7 Å². The number of fused-ring (bicyclic) bond motifs is 1. The molecule has 0 saturated heterocycles. The number of likely N-dealkylation sites (N-methyl/N-ethyl adjacent to an activating group) is 1. The van der Waals surface area contributed by atoms with Gasteiger partial charge in [-0.05, 0) is 47.9 Å². The summed E-state index contributed by atoms with van der Waals surface area (Å²) in [5.74, 6) is 2.38. The minimum absolute atomic E-state index is 0.103. The fraction of sp³-hybridized carbons (Fsp3) is 0.286. The standard InChI is InChI=1S/C21H22ClNO5/c1-23(9-8-14-4-6-17(25-2)18(11-14)26-3)20(24)7-5-15-10-16(22)21-19(12-15)27-13-28-21/h4-7,10-12H,8-9,13H2,1-3H3/b7-5+. The van der Waals surface area contributed by atoms with Crippen molar-refractivity contribution in [1.29, 1.82) is 0 Å². The van der Waals surface area contributed by atoms with Crippen LogP contribution in [0.4, 0.5) is 0 Å². The second-order valence-corrected chi connectivity index (χ2v) is 6.68. The first-order chi connectivity index (χ1) is 13.5. The second kappa shape index (κ2) is 8.89. The molecule has 6 nitrogen and oxygen atoms in total. The topological polar surface area (TPSA) is 57.2 Å². The molecule has 148 valence electrons. The Balaban J connectivity index is 1.59. The van der Waals surface area contributed by atoms with Crippen LogP contribution < -0.4 is 18.9 Å². The Kier molecular flexibility index (Phi) is 6.31. The van der Waals surface area contributed by atoms with E-state index in [1.54, 1.807) is 44.4 Å². The van der Waals surface area contributed by atoms with Gasteiger partial charge in [0.05, 0.1) is 19.2 Å². The van der Waals surface area contributed by atoms with Crippen LogP contribution >= 0.6 is 11.6 Å². The van der Waals surface area contributed by atoms with E-state index in [-0.39, 0.29) is 12.7 Å². The number of methoxy groups -OCH3 is 2. The number of nitrogens with zero attached hydrogens (tertiary/aromatic N) is 1. The normalized spacial score (nSPS) is 12.3. The maximum absolute atomic E-state index is 12.4. The number of amides is 1. The van der Waals surface area contributed by atoms with E-state index in [1.807, 2.05) is 18.2 Å². The highest BCUT2D eigenvalue weighted by Gasteiger charge is 2.17. The van der Waals surface area contributed by atoms with Gasteiger partial charge in [0.25, 0.3) is 0 Å². The molecule has 0 saturated carbocycles. The lowest BCUT2D eigenvalue weighted by atomic mass is 10.1. The largest absolute Gasteiger partial charge is 0.493 e. The summed E-state index contributed by atoms with van der Waals surface area (Å²) >= 11 is 6.16. The summed E-state index contributed by atoms with van der Waals surface area (Å²) in [5.41, 5.74) is 1.83. The second-order valence-electron chi connectivity index (χ2n) is 6.27. The Morgan fingerprint density at radius 1 is 1.18 bits per heavy atom. The molecule has 0 aliphatic carbocycles. The van der Waals surface area contributed by atoms with Crippen molar-refractivity contribution in [2.75, 3.05) is 34.6 Å². The Hall–Kier alpha value is -2.86. The summed E-state index contributed by atoms with van der Waals surface area (Å²) in [6, 6.07) is 9.27. The van der Waals surface area contributed by atoms with Crippen LogP contribution in [0.5, 0.6) is 23.0 Å². The first-order valence-corrected chi connectivity index (χ1v) is 9.13. The molecule has 1 heterocycles. The molecule has 1 amide bonds. The van der Waals surface area contributed by atoms with Gasteiger partial charge < -0.3 is 23.8 Å². The third kappa shape index (κ3) is 4.51. The van der Waals surface area contributed by atoms with Crippen molar-refractivity contribution in [2.45, 2.75) is 6.42 Å². The van der Waals surface area contributed by atoms with Crippen LogP contribution in [0.2, 0.25) is 5.02 Å². The molecule has 0 N–H and O–H groups in total. The Labute approximate surface area is 169 Å². The monoisotopic (exact) mass is 403 g/mol. The average Bonchev–Trinajstić information content (AvgIpc) is 3.19. The Morgan fingerprint density at radius 3 is 2.71 bits per heavy atom. The van der Waals surface area contributed by atoms with E-state index in [0.29, 0.717) is 41.0 Å². The molecule has 0 fully saturated rings. The molecular formula is C21H22ClNO5. The van der Waals surface area contributed by atoms with E-state index in [4.69, 9.17) is 30.5 Å². The molecule has 3 rings (SSSR count). The maximum Gasteiger partial charge on any atom is 0.246 e. The molecule has 0 unspecified atom stereocenters. The summed E-state index contributed by atoms with van der Waals surface area (Å²) < 4.78 is 21.2. The van der Waals surface area contributed by atoms with Crippen molar-refractivity contribution in [3.05, 3.63) is 52.6 Å². The molecule has 0 radical (unpaired) electrons. The van der Waals surface area contributed by atoms with E-state index in [9.17, 15) is 4.79 Å². The van der Waals surface area contributed by atoms with Crippen molar-refractivity contribution in [2.24, 2.45) is 0 Å². The van der Waals surface area contributed by atoms with Gasteiger partial charge in [-0.25, -0.2) is 0 Å². The Bertz CT molecular complexity index is 897. The zero-order valence-electron chi connectivity index (χ0n) is 16.0. The zero-order chi connectivity index (χ0) is 20.1. The van der Waals surface area contributed by atoms with Crippen molar-refractivity contribution in [3.63, 3.8) is 0 Å². The molecule has 0 atom stereocenters. The van der Waals surface area contributed by atoms with E-state index in [0.717, 1.165) is 11.1 Å². The highest BCUT2D eigenvalue weighted by atomic mass is 35.5. The fourth-order valence-electron chi connectivity index (χ4n) is 2.82. The molecule has 0 spiro atoms. The van der Waals surface area contributed by atoms with Crippen LogP contribution in [0.15, 0.2) is 36.4 Å². The van der Waals surface area contributed by atoms with Gasteiger partial charge >= 0.3 is 0 Å². The quantitative estimate of drug-likeness (QED) is 0.658. The van der Waals surface area contributed by atoms with E-state index >= 15 is 0 Å². The molecular weight excluding hydrogens is 382 g/mol. The van der Waals surface area contributed by atoms with Crippen LogP contribution in [0, 0.1) is 0 Å². The maximum atomic E-state index is 12.4. The number of carbonyl (C=O) groups excluding carboxylic acids is 1. The molecule has 2 aromatic rings.